The van der Waals surface area contributed by atoms with Crippen molar-refractivity contribution < 1.29 is 0 Å². The molecule has 2 heteroatoms. The summed E-state index contributed by atoms with van der Waals surface area (Å²) >= 11 is 0. The van der Waals surface area contributed by atoms with Crippen molar-refractivity contribution in [3.8, 4) is 0 Å². The van der Waals surface area contributed by atoms with Gasteiger partial charge < -0.3 is 5.32 Å². The van der Waals surface area contributed by atoms with Gasteiger partial charge in [0, 0.05) is 5.39 Å². The third-order valence-corrected chi connectivity index (χ3v) is 3.90. The second-order valence-corrected chi connectivity index (χ2v) is 5.18. The molecule has 2 aromatic rings. The van der Waals surface area contributed by atoms with E-state index in [-0.39, 0.29) is 6.04 Å². The summed E-state index contributed by atoms with van der Waals surface area (Å²) < 4.78 is 0. The lowest BCUT2D eigenvalue weighted by atomic mass is 9.92. The summed E-state index contributed by atoms with van der Waals surface area (Å²) in [5.41, 5.74) is 3.71. The van der Waals surface area contributed by atoms with Crippen LogP contribution in [0.2, 0.25) is 0 Å². The fraction of sp³-hybridized carbons (Fsp3) is 0.353. The molecule has 0 saturated carbocycles. The van der Waals surface area contributed by atoms with Crippen molar-refractivity contribution in [2.45, 2.75) is 31.7 Å². The lowest BCUT2D eigenvalue weighted by molar-refractivity contribution is 0.584. The van der Waals surface area contributed by atoms with Crippen molar-refractivity contribution in [3.63, 3.8) is 0 Å². The molecule has 98 valence electrons. The summed E-state index contributed by atoms with van der Waals surface area (Å²) in [5.74, 6) is 0. The summed E-state index contributed by atoms with van der Waals surface area (Å²) in [7, 11) is 2.02. The fourth-order valence-electron chi connectivity index (χ4n) is 2.89. The number of allylic oxidation sites excluding steroid dienone is 1. The number of hydrogen-bond acceptors (Lipinski definition) is 2. The Morgan fingerprint density at radius 1 is 1.11 bits per heavy atom. The standard InChI is InChI=1S/C17H20N2/c1-18-17(14-8-3-2-4-9-14)16-12-11-13-7-5-6-10-15(13)19-16/h5-8,10-12,17-18H,2-4,9H2,1H3. The highest BCUT2D eigenvalue weighted by Crippen LogP contribution is 2.29. The number of likely N-dealkylation sites (N-methyl/N-ethyl adjacent to an activating group) is 1. The topological polar surface area (TPSA) is 24.9 Å². The number of nitrogens with one attached hydrogen (secondary N) is 1. The van der Waals surface area contributed by atoms with Gasteiger partial charge >= 0.3 is 0 Å². The van der Waals surface area contributed by atoms with Gasteiger partial charge in [0.2, 0.25) is 0 Å². The molecule has 1 aliphatic carbocycles. The minimum absolute atomic E-state index is 0.268. The Hall–Kier alpha value is -1.67. The molecule has 0 bridgehead atoms. The number of hydrogen-bond donors (Lipinski definition) is 1. The molecule has 1 unspecified atom stereocenters. The van der Waals surface area contributed by atoms with Crippen molar-refractivity contribution in [3.05, 3.63) is 53.7 Å². The van der Waals surface area contributed by atoms with E-state index >= 15 is 0 Å². The third-order valence-electron chi connectivity index (χ3n) is 3.90. The molecular weight excluding hydrogens is 232 g/mol. The largest absolute Gasteiger partial charge is 0.308 e. The molecule has 1 heterocycles. The Kier molecular flexibility index (Phi) is 3.60. The Labute approximate surface area is 114 Å². The molecule has 2 nitrogen and oxygen atoms in total. The highest BCUT2D eigenvalue weighted by Gasteiger charge is 2.17. The maximum absolute atomic E-state index is 4.82. The monoisotopic (exact) mass is 252 g/mol. The molecule has 1 N–H and O–H groups in total. The molecule has 0 amide bonds. The predicted octanol–water partition coefficient (Wildman–Crippen LogP) is 4.00. The molecule has 1 aliphatic rings. The second-order valence-electron chi connectivity index (χ2n) is 5.18. The normalized spacial score (nSPS) is 17.2. The molecule has 3 rings (SSSR count). The highest BCUT2D eigenvalue weighted by atomic mass is 14.9. The van der Waals surface area contributed by atoms with E-state index in [1.54, 1.807) is 0 Å². The van der Waals surface area contributed by atoms with Crippen LogP contribution >= 0.6 is 0 Å². The third kappa shape index (κ3) is 2.54. The predicted molar refractivity (Wildman–Crippen MR) is 80.1 cm³/mol. The molecule has 1 atom stereocenters. The highest BCUT2D eigenvalue weighted by molar-refractivity contribution is 5.78. The van der Waals surface area contributed by atoms with Crippen LogP contribution in [0.25, 0.3) is 10.9 Å². The quantitative estimate of drug-likeness (QED) is 0.835. The Bertz CT molecular complexity index is 601. The van der Waals surface area contributed by atoms with Crippen molar-refractivity contribution in [1.82, 2.24) is 10.3 Å². The number of aromatic nitrogens is 1. The summed E-state index contributed by atoms with van der Waals surface area (Å²) in [5, 5.41) is 4.63. The molecule has 19 heavy (non-hydrogen) atoms. The minimum Gasteiger partial charge on any atom is -0.308 e. The zero-order valence-electron chi connectivity index (χ0n) is 11.4. The minimum atomic E-state index is 0.268. The van der Waals surface area contributed by atoms with Crippen LogP contribution in [-0.2, 0) is 0 Å². The molecule has 0 radical (unpaired) electrons. The Morgan fingerprint density at radius 2 is 2.00 bits per heavy atom. The first-order valence-electron chi connectivity index (χ1n) is 7.10. The van der Waals surface area contributed by atoms with Crippen molar-refractivity contribution in [2.75, 3.05) is 7.05 Å². The average Bonchev–Trinajstić information content (AvgIpc) is 2.49. The van der Waals surface area contributed by atoms with Gasteiger partial charge in [-0.15, -0.1) is 0 Å². The summed E-state index contributed by atoms with van der Waals surface area (Å²) in [4.78, 5) is 4.82. The van der Waals surface area contributed by atoms with E-state index in [1.807, 2.05) is 13.1 Å². The molecule has 0 saturated heterocycles. The second kappa shape index (κ2) is 5.54. The number of rotatable bonds is 3. The van der Waals surface area contributed by atoms with Crippen LogP contribution in [0.3, 0.4) is 0 Å². The van der Waals surface area contributed by atoms with Crippen LogP contribution in [0, 0.1) is 0 Å². The summed E-state index contributed by atoms with van der Waals surface area (Å²) in [6.45, 7) is 0. The first-order valence-corrected chi connectivity index (χ1v) is 7.10. The van der Waals surface area contributed by atoms with Gasteiger partial charge in [-0.05, 0) is 44.9 Å². The fourth-order valence-corrected chi connectivity index (χ4v) is 2.89. The lowest BCUT2D eigenvalue weighted by Gasteiger charge is -2.22. The Morgan fingerprint density at radius 3 is 2.79 bits per heavy atom. The van der Waals surface area contributed by atoms with E-state index < -0.39 is 0 Å². The van der Waals surface area contributed by atoms with Gasteiger partial charge in [0.1, 0.15) is 0 Å². The van der Waals surface area contributed by atoms with E-state index in [2.05, 4.69) is 41.7 Å². The van der Waals surface area contributed by atoms with Crippen LogP contribution in [-0.4, -0.2) is 12.0 Å². The molecule has 1 aromatic carbocycles. The molecule has 1 aromatic heterocycles. The first kappa shape index (κ1) is 12.4. The molecule has 0 fully saturated rings. The number of fused-ring (bicyclic) bond motifs is 1. The lowest BCUT2D eigenvalue weighted by Crippen LogP contribution is -2.21. The number of pyridine rings is 1. The zero-order valence-corrected chi connectivity index (χ0v) is 11.4. The summed E-state index contributed by atoms with van der Waals surface area (Å²) in [6.07, 6.45) is 7.42. The van der Waals surface area contributed by atoms with E-state index in [9.17, 15) is 0 Å². The Balaban J connectivity index is 1.98. The smallest absolute Gasteiger partial charge is 0.0708 e. The van der Waals surface area contributed by atoms with Gasteiger partial charge in [0.25, 0.3) is 0 Å². The van der Waals surface area contributed by atoms with Gasteiger partial charge in [-0.3, -0.25) is 4.98 Å². The van der Waals surface area contributed by atoms with E-state index in [4.69, 9.17) is 4.98 Å². The molecular formula is C17H20N2. The van der Waals surface area contributed by atoms with Gasteiger partial charge in [-0.2, -0.15) is 0 Å². The summed E-state index contributed by atoms with van der Waals surface area (Å²) in [6, 6.07) is 12.9. The zero-order chi connectivity index (χ0) is 13.1. The maximum atomic E-state index is 4.82. The van der Waals surface area contributed by atoms with Crippen LogP contribution in [0.4, 0.5) is 0 Å². The van der Waals surface area contributed by atoms with Crippen molar-refractivity contribution in [1.29, 1.82) is 0 Å². The van der Waals surface area contributed by atoms with Crippen molar-refractivity contribution in [2.24, 2.45) is 0 Å². The number of nitrogens with zero attached hydrogens (tertiary/aromatic N) is 1. The van der Waals surface area contributed by atoms with E-state index in [0.29, 0.717) is 0 Å². The van der Waals surface area contributed by atoms with E-state index in [1.165, 1.54) is 36.6 Å². The van der Waals surface area contributed by atoms with Crippen LogP contribution < -0.4 is 5.32 Å². The SMILES string of the molecule is CNC(C1=CCCCC1)c1ccc2ccccc2n1. The van der Waals surface area contributed by atoms with Gasteiger partial charge in [0.15, 0.2) is 0 Å². The average molecular weight is 252 g/mol. The van der Waals surface area contributed by atoms with Crippen LogP contribution in [0.1, 0.15) is 37.4 Å². The van der Waals surface area contributed by atoms with Gasteiger partial charge in [0.05, 0.1) is 17.3 Å². The number of benzene rings is 1. The van der Waals surface area contributed by atoms with Crippen LogP contribution in [0.15, 0.2) is 48.0 Å². The van der Waals surface area contributed by atoms with E-state index in [0.717, 1.165) is 11.2 Å². The molecule has 0 aliphatic heterocycles. The number of para-hydroxylation sites is 1. The van der Waals surface area contributed by atoms with Gasteiger partial charge in [-0.1, -0.05) is 35.9 Å². The first-order chi connectivity index (χ1) is 9.38. The van der Waals surface area contributed by atoms with Gasteiger partial charge in [-0.25, -0.2) is 0 Å². The molecule has 0 spiro atoms. The van der Waals surface area contributed by atoms with Crippen LogP contribution in [0.5, 0.6) is 0 Å². The maximum Gasteiger partial charge on any atom is 0.0708 e. The van der Waals surface area contributed by atoms with Crippen molar-refractivity contribution >= 4 is 10.9 Å².